The fraction of sp³-hybridized carbons (Fsp3) is 0.231. The molecular formula is C26H26FN3O2. The number of nitrogens with zero attached hydrogens (tertiary/aromatic N) is 2. The van der Waals surface area contributed by atoms with Crippen molar-refractivity contribution in [2.24, 2.45) is 0 Å². The van der Waals surface area contributed by atoms with E-state index < -0.39 is 17.8 Å². The van der Waals surface area contributed by atoms with E-state index in [1.165, 1.54) is 11.6 Å². The Morgan fingerprint density at radius 1 is 1.03 bits per heavy atom. The Labute approximate surface area is 187 Å². The molecule has 1 fully saturated rings. The summed E-state index contributed by atoms with van der Waals surface area (Å²) in [7, 11) is 0. The molecule has 0 aliphatic carbocycles. The van der Waals surface area contributed by atoms with Gasteiger partial charge in [-0.1, -0.05) is 44.2 Å². The molecule has 3 amide bonds. The minimum absolute atomic E-state index is 0.115. The van der Waals surface area contributed by atoms with Crippen LogP contribution in [0.5, 0.6) is 0 Å². The normalized spacial score (nSPS) is 15.2. The van der Waals surface area contributed by atoms with Crippen LogP contribution in [-0.4, -0.2) is 21.4 Å². The number of carbonyl (C=O) groups excluding carboxylic acids is 2. The summed E-state index contributed by atoms with van der Waals surface area (Å²) >= 11 is 0. The standard InChI is InChI=1S/C26H26FN3O2/c1-16(2)19-9-11-22(12-10-19)30-17(3)13-21(18(30)4)14-24-25(31)29(26(32)28-24)15-20-7-5-6-8-23(20)27/h5-14,16H,15H2,1-4H3,(H,28,32)/b24-14+. The van der Waals surface area contributed by atoms with Gasteiger partial charge < -0.3 is 9.88 Å². The molecule has 1 aliphatic heterocycles. The average Bonchev–Trinajstić information content (AvgIpc) is 3.19. The lowest BCUT2D eigenvalue weighted by molar-refractivity contribution is -0.123. The van der Waals surface area contributed by atoms with E-state index in [2.05, 4.69) is 48.0 Å². The van der Waals surface area contributed by atoms with Gasteiger partial charge in [0.2, 0.25) is 0 Å². The van der Waals surface area contributed by atoms with Gasteiger partial charge in [0.15, 0.2) is 0 Å². The Bertz CT molecular complexity index is 1220. The first-order valence-electron chi connectivity index (χ1n) is 10.6. The van der Waals surface area contributed by atoms with Crippen molar-refractivity contribution in [3.8, 4) is 5.69 Å². The van der Waals surface area contributed by atoms with Crippen LogP contribution in [0.25, 0.3) is 11.8 Å². The molecule has 6 heteroatoms. The molecular weight excluding hydrogens is 405 g/mol. The van der Waals surface area contributed by atoms with Crippen molar-refractivity contribution in [3.63, 3.8) is 0 Å². The smallest absolute Gasteiger partial charge is 0.318 e. The number of imide groups is 1. The number of amides is 3. The van der Waals surface area contributed by atoms with Gasteiger partial charge in [-0.15, -0.1) is 0 Å². The van der Waals surface area contributed by atoms with E-state index >= 15 is 0 Å². The lowest BCUT2D eigenvalue weighted by atomic mass is 10.0. The summed E-state index contributed by atoms with van der Waals surface area (Å²) in [5.41, 5.74) is 5.60. The summed E-state index contributed by atoms with van der Waals surface area (Å²) in [6, 6.07) is 16.0. The van der Waals surface area contributed by atoms with Crippen molar-refractivity contribution in [1.29, 1.82) is 0 Å². The fourth-order valence-corrected chi connectivity index (χ4v) is 4.01. The lowest BCUT2D eigenvalue weighted by Gasteiger charge is -2.12. The third kappa shape index (κ3) is 3.96. The zero-order valence-electron chi connectivity index (χ0n) is 18.6. The Morgan fingerprint density at radius 2 is 1.72 bits per heavy atom. The third-order valence-corrected chi connectivity index (χ3v) is 5.84. The highest BCUT2D eigenvalue weighted by Crippen LogP contribution is 2.26. The Balaban J connectivity index is 1.62. The van der Waals surface area contributed by atoms with E-state index in [4.69, 9.17) is 0 Å². The molecule has 3 aromatic rings. The Morgan fingerprint density at radius 3 is 2.38 bits per heavy atom. The van der Waals surface area contributed by atoms with Crippen molar-refractivity contribution in [2.45, 2.75) is 40.2 Å². The molecule has 1 N–H and O–H groups in total. The van der Waals surface area contributed by atoms with Gasteiger partial charge in [0.1, 0.15) is 11.5 Å². The number of hydrogen-bond donors (Lipinski definition) is 1. The van der Waals surface area contributed by atoms with Crippen LogP contribution in [0.4, 0.5) is 9.18 Å². The van der Waals surface area contributed by atoms with Gasteiger partial charge in [-0.2, -0.15) is 0 Å². The first kappa shape index (κ1) is 21.6. The van der Waals surface area contributed by atoms with E-state index in [1.807, 2.05) is 19.9 Å². The highest BCUT2D eigenvalue weighted by molar-refractivity contribution is 6.14. The predicted octanol–water partition coefficient (Wildman–Crippen LogP) is 5.45. The third-order valence-electron chi connectivity index (χ3n) is 5.84. The number of urea groups is 1. The van der Waals surface area contributed by atoms with Gasteiger partial charge >= 0.3 is 6.03 Å². The van der Waals surface area contributed by atoms with Crippen molar-refractivity contribution < 1.29 is 14.0 Å². The zero-order valence-corrected chi connectivity index (χ0v) is 18.6. The molecule has 2 heterocycles. The number of halogens is 1. The van der Waals surface area contributed by atoms with E-state index in [0.29, 0.717) is 11.5 Å². The van der Waals surface area contributed by atoms with Crippen LogP contribution in [0.1, 0.15) is 47.8 Å². The molecule has 1 aliphatic rings. The first-order chi connectivity index (χ1) is 15.3. The molecule has 0 radical (unpaired) electrons. The quantitative estimate of drug-likeness (QED) is 0.431. The first-order valence-corrected chi connectivity index (χ1v) is 10.6. The second-order valence-electron chi connectivity index (χ2n) is 8.38. The van der Waals surface area contributed by atoms with Crippen LogP contribution in [0.15, 0.2) is 60.3 Å². The number of rotatable bonds is 5. The van der Waals surface area contributed by atoms with E-state index in [0.717, 1.165) is 27.5 Å². The van der Waals surface area contributed by atoms with Crippen LogP contribution in [0.3, 0.4) is 0 Å². The monoisotopic (exact) mass is 431 g/mol. The zero-order chi connectivity index (χ0) is 23.0. The molecule has 0 bridgehead atoms. The largest absolute Gasteiger partial charge is 0.329 e. The summed E-state index contributed by atoms with van der Waals surface area (Å²) < 4.78 is 16.1. The molecule has 0 unspecified atom stereocenters. The van der Waals surface area contributed by atoms with Gasteiger partial charge in [-0.3, -0.25) is 9.69 Å². The molecule has 164 valence electrons. The maximum Gasteiger partial charge on any atom is 0.329 e. The summed E-state index contributed by atoms with van der Waals surface area (Å²) in [5, 5.41) is 2.62. The van der Waals surface area contributed by atoms with E-state index in [1.54, 1.807) is 24.3 Å². The van der Waals surface area contributed by atoms with Crippen molar-refractivity contribution >= 4 is 18.0 Å². The van der Waals surface area contributed by atoms with Crippen LogP contribution in [-0.2, 0) is 11.3 Å². The van der Waals surface area contributed by atoms with Crippen LogP contribution in [0, 0.1) is 19.7 Å². The number of hydrogen-bond acceptors (Lipinski definition) is 2. The van der Waals surface area contributed by atoms with Crippen molar-refractivity contribution in [3.05, 3.63) is 94.2 Å². The van der Waals surface area contributed by atoms with Crippen LogP contribution in [0.2, 0.25) is 0 Å². The molecule has 2 aromatic carbocycles. The van der Waals surface area contributed by atoms with E-state index in [9.17, 15) is 14.0 Å². The molecule has 1 aromatic heterocycles. The Kier molecular flexibility index (Phi) is 5.70. The van der Waals surface area contributed by atoms with Gasteiger partial charge in [0, 0.05) is 22.6 Å². The maximum absolute atomic E-state index is 14.0. The lowest BCUT2D eigenvalue weighted by Crippen LogP contribution is -2.30. The Hall–Kier alpha value is -3.67. The van der Waals surface area contributed by atoms with Gasteiger partial charge in [0.25, 0.3) is 5.91 Å². The predicted molar refractivity (Wildman–Crippen MR) is 123 cm³/mol. The SMILES string of the molecule is Cc1cc(/C=C2/NC(=O)N(Cc3ccccc3F)C2=O)c(C)n1-c1ccc(C(C)C)cc1. The summed E-state index contributed by atoms with van der Waals surface area (Å²) in [4.78, 5) is 26.3. The van der Waals surface area contributed by atoms with Gasteiger partial charge in [-0.25, -0.2) is 9.18 Å². The summed E-state index contributed by atoms with van der Waals surface area (Å²) in [5.74, 6) is -0.456. The fourth-order valence-electron chi connectivity index (χ4n) is 4.01. The number of benzene rings is 2. The molecule has 0 spiro atoms. The minimum atomic E-state index is -0.553. The highest BCUT2D eigenvalue weighted by Gasteiger charge is 2.34. The second kappa shape index (κ2) is 8.46. The van der Waals surface area contributed by atoms with Crippen LogP contribution >= 0.6 is 0 Å². The number of aromatic nitrogens is 1. The van der Waals surface area contributed by atoms with E-state index in [-0.39, 0.29) is 12.2 Å². The molecule has 4 rings (SSSR count). The summed E-state index contributed by atoms with van der Waals surface area (Å²) in [6.07, 6.45) is 1.68. The highest BCUT2D eigenvalue weighted by atomic mass is 19.1. The summed E-state index contributed by atoms with van der Waals surface area (Å²) in [6.45, 7) is 8.19. The molecule has 0 atom stereocenters. The maximum atomic E-state index is 14.0. The van der Waals surface area contributed by atoms with Crippen molar-refractivity contribution in [2.75, 3.05) is 0 Å². The van der Waals surface area contributed by atoms with Crippen LogP contribution < -0.4 is 5.32 Å². The molecule has 1 saturated heterocycles. The minimum Gasteiger partial charge on any atom is -0.318 e. The molecule has 32 heavy (non-hydrogen) atoms. The van der Waals surface area contributed by atoms with Crippen molar-refractivity contribution in [1.82, 2.24) is 14.8 Å². The van der Waals surface area contributed by atoms with Gasteiger partial charge in [0.05, 0.1) is 6.54 Å². The van der Waals surface area contributed by atoms with Gasteiger partial charge in [-0.05, 0) is 61.2 Å². The molecule has 5 nitrogen and oxygen atoms in total. The number of nitrogens with one attached hydrogen (secondary N) is 1. The number of aryl methyl sites for hydroxylation is 1. The molecule has 0 saturated carbocycles. The second-order valence-corrected chi connectivity index (χ2v) is 8.38. The number of carbonyl (C=O) groups is 2. The topological polar surface area (TPSA) is 54.3 Å². The average molecular weight is 432 g/mol.